The minimum atomic E-state index is -0.0968. The quantitative estimate of drug-likeness (QED) is 0.528. The van der Waals surface area contributed by atoms with Gasteiger partial charge in [-0.25, -0.2) is 0 Å². The highest BCUT2D eigenvalue weighted by Gasteiger charge is 2.24. The van der Waals surface area contributed by atoms with Crippen LogP contribution in [-0.4, -0.2) is 34.0 Å². The lowest BCUT2D eigenvalue weighted by atomic mass is 10.0. The first-order valence-corrected chi connectivity index (χ1v) is 10.2. The molecule has 0 spiro atoms. The van der Waals surface area contributed by atoms with E-state index < -0.39 is 0 Å². The van der Waals surface area contributed by atoms with E-state index in [1.54, 1.807) is 46.8 Å². The summed E-state index contributed by atoms with van der Waals surface area (Å²) in [6.45, 7) is 1.14. The summed E-state index contributed by atoms with van der Waals surface area (Å²) < 4.78 is 6.99. The molecule has 0 saturated carbocycles. The van der Waals surface area contributed by atoms with Crippen molar-refractivity contribution in [3.8, 4) is 22.6 Å². The van der Waals surface area contributed by atoms with E-state index in [9.17, 15) is 9.90 Å². The number of thiophene rings is 1. The molecule has 144 valence electrons. The van der Waals surface area contributed by atoms with Crippen molar-refractivity contribution in [3.63, 3.8) is 0 Å². The van der Waals surface area contributed by atoms with E-state index in [1.807, 2.05) is 18.2 Å². The van der Waals surface area contributed by atoms with Gasteiger partial charge in [-0.15, -0.1) is 11.3 Å². The number of benzene rings is 2. The molecule has 1 aliphatic rings. The molecule has 0 saturated heterocycles. The maximum atomic E-state index is 12.9. The fourth-order valence-corrected chi connectivity index (χ4v) is 4.67. The Labute approximate surface area is 171 Å². The van der Waals surface area contributed by atoms with Crippen LogP contribution in [0.2, 0.25) is 0 Å². The van der Waals surface area contributed by atoms with Crippen molar-refractivity contribution >= 4 is 27.3 Å². The summed E-state index contributed by atoms with van der Waals surface area (Å²) in [5.74, 6) is 0.457. The molecular weight excluding hydrogens is 384 g/mol. The zero-order valence-electron chi connectivity index (χ0n) is 15.5. The molecule has 2 aromatic carbocycles. The van der Waals surface area contributed by atoms with Crippen molar-refractivity contribution < 1.29 is 14.6 Å². The molecule has 3 heterocycles. The molecular formula is C23H18N2O3S. The number of hydrogen-bond donors (Lipinski definition) is 1. The van der Waals surface area contributed by atoms with Gasteiger partial charge in [0.05, 0.1) is 12.1 Å². The van der Waals surface area contributed by atoms with Gasteiger partial charge < -0.3 is 14.7 Å². The van der Waals surface area contributed by atoms with Crippen molar-refractivity contribution in [2.45, 2.75) is 6.54 Å². The van der Waals surface area contributed by atoms with Crippen molar-refractivity contribution in [1.82, 2.24) is 9.88 Å². The molecule has 6 heteroatoms. The molecule has 5 nitrogen and oxygen atoms in total. The molecule has 0 atom stereocenters. The van der Waals surface area contributed by atoms with Gasteiger partial charge in [0.15, 0.2) is 11.5 Å². The molecule has 5 rings (SSSR count). The number of hydrogen-bond acceptors (Lipinski definition) is 5. The van der Waals surface area contributed by atoms with Gasteiger partial charge in [0.1, 0.15) is 6.61 Å². The summed E-state index contributed by atoms with van der Waals surface area (Å²) >= 11 is 1.67. The van der Waals surface area contributed by atoms with Crippen molar-refractivity contribution in [3.05, 3.63) is 77.4 Å². The van der Waals surface area contributed by atoms with Crippen LogP contribution in [0.5, 0.6) is 11.5 Å². The summed E-state index contributed by atoms with van der Waals surface area (Å²) in [6.07, 6.45) is 3.22. The monoisotopic (exact) mass is 402 g/mol. The summed E-state index contributed by atoms with van der Waals surface area (Å²) in [4.78, 5) is 18.7. The first-order valence-electron chi connectivity index (χ1n) is 9.35. The van der Waals surface area contributed by atoms with Crippen LogP contribution in [0.4, 0.5) is 0 Å². The Bertz CT molecular complexity index is 1200. The Hall–Kier alpha value is -3.38. The van der Waals surface area contributed by atoms with E-state index >= 15 is 0 Å². The molecule has 1 N–H and O–H groups in total. The van der Waals surface area contributed by atoms with Crippen LogP contribution in [0.1, 0.15) is 15.9 Å². The van der Waals surface area contributed by atoms with E-state index in [-0.39, 0.29) is 11.7 Å². The molecule has 1 aliphatic heterocycles. The van der Waals surface area contributed by atoms with E-state index in [1.165, 1.54) is 4.70 Å². The second-order valence-electron chi connectivity index (χ2n) is 6.95. The molecule has 2 aromatic heterocycles. The normalized spacial score (nSPS) is 13.6. The molecule has 0 fully saturated rings. The van der Waals surface area contributed by atoms with Crippen LogP contribution in [-0.2, 0) is 6.54 Å². The maximum Gasteiger partial charge on any atom is 0.255 e. The fourth-order valence-electron chi connectivity index (χ4n) is 3.70. The minimum absolute atomic E-state index is 0.0968. The van der Waals surface area contributed by atoms with Crippen LogP contribution >= 0.6 is 11.3 Å². The van der Waals surface area contributed by atoms with E-state index in [0.29, 0.717) is 31.0 Å². The maximum absolute atomic E-state index is 12.9. The highest BCUT2D eigenvalue weighted by molar-refractivity contribution is 7.17. The summed E-state index contributed by atoms with van der Waals surface area (Å²) in [6, 6.07) is 15.5. The number of pyridine rings is 1. The van der Waals surface area contributed by atoms with Gasteiger partial charge in [0.25, 0.3) is 5.91 Å². The van der Waals surface area contributed by atoms with Crippen LogP contribution in [0, 0.1) is 0 Å². The van der Waals surface area contributed by atoms with Gasteiger partial charge >= 0.3 is 0 Å². The average Bonchev–Trinajstić information content (AvgIpc) is 3.06. The molecule has 0 unspecified atom stereocenters. The number of nitrogens with zero attached hydrogens (tertiary/aromatic N) is 2. The van der Waals surface area contributed by atoms with Gasteiger partial charge in [-0.1, -0.05) is 18.2 Å². The second kappa shape index (κ2) is 7.22. The van der Waals surface area contributed by atoms with Crippen LogP contribution in [0.3, 0.4) is 0 Å². The third kappa shape index (κ3) is 3.21. The summed E-state index contributed by atoms with van der Waals surface area (Å²) in [5.41, 5.74) is 3.32. The standard InChI is InChI=1S/C23H18N2O3S/c26-20-11-16(19-14-29-21-6-2-1-5-18(19)21)10-17-13-25(8-9-28-22(17)20)23(27)15-4-3-7-24-12-15/h1-7,10-12,14,26H,8-9,13H2. The third-order valence-electron chi connectivity index (χ3n) is 5.10. The lowest BCUT2D eigenvalue weighted by Crippen LogP contribution is -2.32. The lowest BCUT2D eigenvalue weighted by molar-refractivity contribution is 0.0732. The number of aromatic nitrogens is 1. The number of amides is 1. The third-order valence-corrected chi connectivity index (χ3v) is 6.07. The first kappa shape index (κ1) is 17.7. The highest BCUT2D eigenvalue weighted by Crippen LogP contribution is 2.41. The van der Waals surface area contributed by atoms with E-state index in [2.05, 4.69) is 22.5 Å². The largest absolute Gasteiger partial charge is 0.504 e. The Balaban J connectivity index is 1.54. The number of aromatic hydroxyl groups is 1. The number of carbonyl (C=O) groups is 1. The Morgan fingerprint density at radius 2 is 2.07 bits per heavy atom. The van der Waals surface area contributed by atoms with Gasteiger partial charge in [0, 0.05) is 40.2 Å². The van der Waals surface area contributed by atoms with Gasteiger partial charge in [-0.05, 0) is 41.3 Å². The number of phenols is 1. The molecule has 0 radical (unpaired) electrons. The summed E-state index contributed by atoms with van der Waals surface area (Å²) in [7, 11) is 0. The molecule has 0 bridgehead atoms. The fraction of sp³-hybridized carbons (Fsp3) is 0.130. The molecule has 29 heavy (non-hydrogen) atoms. The lowest BCUT2D eigenvalue weighted by Gasteiger charge is -2.20. The predicted octanol–water partition coefficient (Wildman–Crippen LogP) is 4.70. The first-order chi connectivity index (χ1) is 14.2. The molecule has 1 amide bonds. The Morgan fingerprint density at radius 1 is 1.17 bits per heavy atom. The topological polar surface area (TPSA) is 62.7 Å². The number of phenolic OH excluding ortho intramolecular Hbond substituents is 1. The van der Waals surface area contributed by atoms with Gasteiger partial charge in [-0.2, -0.15) is 0 Å². The Kier molecular flexibility index (Phi) is 4.41. The zero-order valence-corrected chi connectivity index (χ0v) is 16.4. The zero-order chi connectivity index (χ0) is 19.8. The van der Waals surface area contributed by atoms with Crippen LogP contribution in [0.25, 0.3) is 21.2 Å². The van der Waals surface area contributed by atoms with E-state index in [4.69, 9.17) is 4.74 Å². The van der Waals surface area contributed by atoms with Crippen molar-refractivity contribution in [1.29, 1.82) is 0 Å². The van der Waals surface area contributed by atoms with Crippen molar-refractivity contribution in [2.24, 2.45) is 0 Å². The number of ether oxygens (including phenoxy) is 1. The highest BCUT2D eigenvalue weighted by atomic mass is 32.1. The predicted molar refractivity (Wildman–Crippen MR) is 113 cm³/mol. The van der Waals surface area contributed by atoms with Gasteiger partial charge in [-0.3, -0.25) is 9.78 Å². The minimum Gasteiger partial charge on any atom is -0.504 e. The Morgan fingerprint density at radius 3 is 2.93 bits per heavy atom. The van der Waals surface area contributed by atoms with Crippen LogP contribution in [0.15, 0.2) is 66.3 Å². The van der Waals surface area contributed by atoms with Crippen molar-refractivity contribution in [2.75, 3.05) is 13.2 Å². The second-order valence-corrected chi connectivity index (χ2v) is 7.86. The smallest absolute Gasteiger partial charge is 0.255 e. The number of carbonyl (C=O) groups excluding carboxylic acids is 1. The number of fused-ring (bicyclic) bond motifs is 2. The molecule has 4 aromatic rings. The SMILES string of the molecule is O=C(c1cccnc1)N1CCOc2c(O)cc(-c3csc4ccccc34)cc2C1. The summed E-state index contributed by atoms with van der Waals surface area (Å²) in [5, 5.41) is 13.9. The molecule has 0 aliphatic carbocycles. The van der Waals surface area contributed by atoms with Gasteiger partial charge in [0.2, 0.25) is 0 Å². The van der Waals surface area contributed by atoms with Crippen LogP contribution < -0.4 is 4.74 Å². The average molecular weight is 402 g/mol. The number of rotatable bonds is 2. The van der Waals surface area contributed by atoms with E-state index in [0.717, 1.165) is 22.1 Å².